The van der Waals surface area contributed by atoms with E-state index in [4.69, 9.17) is 0 Å². The molecule has 0 aromatic rings. The summed E-state index contributed by atoms with van der Waals surface area (Å²) >= 11 is 0. The smallest absolute Gasteiger partial charge is 0.0563 e. The first-order valence-electron chi connectivity index (χ1n) is 3.64. The van der Waals surface area contributed by atoms with E-state index in [1.165, 1.54) is 14.2 Å². The topological polar surface area (TPSA) is 71.1 Å². The van der Waals surface area contributed by atoms with Gasteiger partial charge in [-0.1, -0.05) is 6.92 Å². The van der Waals surface area contributed by atoms with Crippen LogP contribution in [-0.2, 0) is 9.68 Å². The van der Waals surface area contributed by atoms with Gasteiger partial charge in [-0.3, -0.25) is 10.5 Å². The normalized spacial score (nSPS) is 14.2. The Morgan fingerprint density at radius 1 is 1.25 bits per heavy atom. The van der Waals surface area contributed by atoms with Crippen molar-refractivity contribution in [3.05, 3.63) is 10.4 Å². The second kappa shape index (κ2) is 6.30. The van der Waals surface area contributed by atoms with Crippen LogP contribution in [0.3, 0.4) is 0 Å². The third-order valence-corrected chi connectivity index (χ3v) is 1.51. The fourth-order valence-corrected chi connectivity index (χ4v) is 0.741. The molecule has 74 valence electrons. The minimum absolute atomic E-state index is 0.0235. The average Bonchev–Trinajstić information content (AvgIpc) is 2.12. The lowest BCUT2D eigenvalue weighted by atomic mass is 10.2. The summed E-state index contributed by atoms with van der Waals surface area (Å²) in [7, 11) is 2.51. The summed E-state index contributed by atoms with van der Waals surface area (Å²) in [6, 6.07) is -0.493. The Morgan fingerprint density at radius 3 is 2.17 bits per heavy atom. The van der Waals surface area contributed by atoms with Crippen LogP contribution in [0.15, 0.2) is 0 Å². The minimum atomic E-state index is -0.493. The molecule has 0 spiro atoms. The number of hydrogen-bond acceptors (Lipinski definition) is 6. The molecule has 0 aliphatic heterocycles. The van der Waals surface area contributed by atoms with Crippen LogP contribution < -0.4 is 0 Å². The van der Waals surface area contributed by atoms with Crippen molar-refractivity contribution >= 4 is 0 Å². The molecule has 0 saturated carbocycles. The van der Waals surface area contributed by atoms with Gasteiger partial charge < -0.3 is 20.1 Å². The molecule has 0 fully saturated rings. The van der Waals surface area contributed by atoms with Gasteiger partial charge in [-0.05, 0) is 6.42 Å². The van der Waals surface area contributed by atoms with Crippen molar-refractivity contribution in [3.63, 3.8) is 0 Å². The summed E-state index contributed by atoms with van der Waals surface area (Å²) in [6.45, 7) is 1.77. The second-order valence-electron chi connectivity index (χ2n) is 2.23. The third-order valence-electron chi connectivity index (χ3n) is 1.51. The van der Waals surface area contributed by atoms with Crippen LogP contribution >= 0.6 is 0 Å². The van der Waals surface area contributed by atoms with E-state index in [1.54, 1.807) is 6.92 Å². The number of nitrogens with zero attached hydrogens (tertiary/aromatic N) is 2. The van der Waals surface area contributed by atoms with E-state index in [-0.39, 0.29) is 6.54 Å². The molecular weight excluding hydrogens is 164 g/mol. The highest BCUT2D eigenvalue weighted by atomic mass is 16.9. The largest absolute Gasteiger partial charge is 0.762 e. The Morgan fingerprint density at radius 2 is 1.83 bits per heavy atom. The summed E-state index contributed by atoms with van der Waals surface area (Å²) in [5.41, 5.74) is 0. The van der Waals surface area contributed by atoms with Crippen molar-refractivity contribution in [3.8, 4) is 0 Å². The summed E-state index contributed by atoms with van der Waals surface area (Å²) in [5.74, 6) is 0. The first-order valence-corrected chi connectivity index (χ1v) is 3.64. The summed E-state index contributed by atoms with van der Waals surface area (Å²) in [6.07, 6.45) is 0.527. The van der Waals surface area contributed by atoms with Crippen molar-refractivity contribution < 1.29 is 9.68 Å². The molecule has 1 atom stereocenters. The Hall–Kier alpha value is -0.240. The van der Waals surface area contributed by atoms with Gasteiger partial charge in [0.2, 0.25) is 0 Å². The van der Waals surface area contributed by atoms with Crippen LogP contribution in [0.4, 0.5) is 0 Å². The monoisotopic (exact) mass is 178 g/mol. The van der Waals surface area contributed by atoms with Gasteiger partial charge in [0, 0.05) is 12.6 Å². The van der Waals surface area contributed by atoms with Crippen LogP contribution in [0.1, 0.15) is 13.3 Å². The maximum atomic E-state index is 10.9. The molecule has 0 saturated heterocycles. The lowest BCUT2D eigenvalue weighted by Gasteiger charge is -2.38. The summed E-state index contributed by atoms with van der Waals surface area (Å²) < 4.78 is 0. The van der Waals surface area contributed by atoms with Gasteiger partial charge in [-0.15, -0.1) is 0 Å². The molecule has 0 aliphatic rings. The van der Waals surface area contributed by atoms with Gasteiger partial charge >= 0.3 is 0 Å². The minimum Gasteiger partial charge on any atom is -0.762 e. The lowest BCUT2D eigenvalue weighted by molar-refractivity contribution is -0.158. The van der Waals surface area contributed by atoms with Crippen molar-refractivity contribution in [2.45, 2.75) is 19.4 Å². The zero-order valence-electron chi connectivity index (χ0n) is 7.52. The maximum absolute atomic E-state index is 10.9. The zero-order chi connectivity index (χ0) is 9.56. The highest BCUT2D eigenvalue weighted by molar-refractivity contribution is 4.66. The predicted molar refractivity (Wildman–Crippen MR) is 43.4 cm³/mol. The van der Waals surface area contributed by atoms with Crippen LogP contribution in [0.5, 0.6) is 0 Å². The molecule has 0 aliphatic carbocycles. The average molecular weight is 178 g/mol. The van der Waals surface area contributed by atoms with Crippen molar-refractivity contribution in [2.75, 3.05) is 20.8 Å². The predicted octanol–water partition coefficient (Wildman–Crippen LogP) is 0.487. The van der Waals surface area contributed by atoms with E-state index in [9.17, 15) is 10.4 Å². The summed E-state index contributed by atoms with van der Waals surface area (Å²) in [5, 5.41) is 22.3. The van der Waals surface area contributed by atoms with Crippen molar-refractivity contribution in [2.24, 2.45) is 0 Å². The van der Waals surface area contributed by atoms with E-state index in [0.717, 1.165) is 0 Å². The zero-order valence-corrected chi connectivity index (χ0v) is 7.52. The maximum Gasteiger partial charge on any atom is 0.0563 e. The van der Waals surface area contributed by atoms with E-state index in [1.807, 2.05) is 0 Å². The second-order valence-corrected chi connectivity index (χ2v) is 2.23. The summed E-state index contributed by atoms with van der Waals surface area (Å²) in [4.78, 5) is 8.74. The lowest BCUT2D eigenvalue weighted by Crippen LogP contribution is -2.37. The standard InChI is InChI=1S/C6H14N2O4/c1-4-6(8(10)12-3)5-7(9)11-2/h6H,4-5H2,1-3H3/q-2. The number of hydrogen-bond donors (Lipinski definition) is 0. The highest BCUT2D eigenvalue weighted by Gasteiger charge is 2.08. The molecule has 6 heteroatoms. The Labute approximate surface area is 71.7 Å². The van der Waals surface area contributed by atoms with Gasteiger partial charge in [0.05, 0.1) is 14.2 Å². The van der Waals surface area contributed by atoms with Gasteiger partial charge in [-0.25, -0.2) is 0 Å². The molecule has 0 N–H and O–H groups in total. The van der Waals surface area contributed by atoms with E-state index < -0.39 is 6.04 Å². The molecule has 0 rings (SSSR count). The van der Waals surface area contributed by atoms with Crippen LogP contribution in [0.25, 0.3) is 0 Å². The van der Waals surface area contributed by atoms with E-state index in [0.29, 0.717) is 16.9 Å². The fraction of sp³-hybridized carbons (Fsp3) is 1.00. The molecule has 6 nitrogen and oxygen atoms in total. The van der Waals surface area contributed by atoms with Gasteiger partial charge in [0.15, 0.2) is 0 Å². The van der Waals surface area contributed by atoms with Crippen LogP contribution in [-0.4, -0.2) is 37.3 Å². The van der Waals surface area contributed by atoms with Crippen molar-refractivity contribution in [1.82, 2.24) is 10.5 Å². The van der Waals surface area contributed by atoms with Gasteiger partial charge in [0.25, 0.3) is 0 Å². The molecule has 0 aromatic carbocycles. The SMILES string of the molecule is CCC(CN([O-])OC)N([O-])OC. The van der Waals surface area contributed by atoms with Gasteiger partial charge in [-0.2, -0.15) is 0 Å². The molecule has 0 radical (unpaired) electrons. The van der Waals surface area contributed by atoms with Gasteiger partial charge in [0.1, 0.15) is 0 Å². The Bertz CT molecular complexity index is 114. The first-order chi connectivity index (χ1) is 5.65. The fourth-order valence-electron chi connectivity index (χ4n) is 0.741. The van der Waals surface area contributed by atoms with Crippen molar-refractivity contribution in [1.29, 1.82) is 0 Å². The molecule has 1 unspecified atom stereocenters. The molecule has 0 heterocycles. The molecule has 0 aromatic heterocycles. The Balaban J connectivity index is 3.81. The number of rotatable bonds is 6. The van der Waals surface area contributed by atoms with E-state index in [2.05, 4.69) is 9.68 Å². The van der Waals surface area contributed by atoms with Crippen LogP contribution in [0, 0.1) is 10.4 Å². The molecule has 12 heavy (non-hydrogen) atoms. The van der Waals surface area contributed by atoms with E-state index >= 15 is 0 Å². The molecular formula is C6H14N2O4-2. The Kier molecular flexibility index (Phi) is 6.17. The molecule has 0 amide bonds. The third kappa shape index (κ3) is 3.96. The highest BCUT2D eigenvalue weighted by Crippen LogP contribution is 2.04. The number of hydroxylamine groups is 4. The van der Waals surface area contributed by atoms with Crippen LogP contribution in [0.2, 0.25) is 0 Å². The quantitative estimate of drug-likeness (QED) is 0.551. The first kappa shape index (κ1) is 11.8. The molecule has 0 bridgehead atoms.